The molecule has 8 nitrogen and oxygen atoms in total. The number of nitrogens with one attached hydrogen (secondary N) is 1. The van der Waals surface area contributed by atoms with Crippen LogP contribution in [0.1, 0.15) is 18.9 Å². The number of anilines is 2. The van der Waals surface area contributed by atoms with Gasteiger partial charge in [-0.15, -0.1) is 5.10 Å². The standard InChI is InChI=1S/C20H19N5O3/c1-13(26)24-10-8-14-12-15(6-7-18(14)24)21-19(27)9-11-25-20(28)16-4-2-3-5-17(16)22-23-25/h2-7,12H,8-11H2,1H3,(H,21,27). The number of hydrogen-bond acceptors (Lipinski definition) is 5. The van der Waals surface area contributed by atoms with Crippen molar-refractivity contribution in [2.45, 2.75) is 26.3 Å². The van der Waals surface area contributed by atoms with Gasteiger partial charge in [-0.2, -0.15) is 0 Å². The Bertz CT molecular complexity index is 1140. The van der Waals surface area contributed by atoms with Gasteiger partial charge < -0.3 is 10.2 Å². The molecular weight excluding hydrogens is 358 g/mol. The number of nitrogens with zero attached hydrogens (tertiary/aromatic N) is 4. The predicted octanol–water partition coefficient (Wildman–Crippen LogP) is 1.73. The van der Waals surface area contributed by atoms with E-state index in [1.165, 1.54) is 4.68 Å². The summed E-state index contributed by atoms with van der Waals surface area (Å²) in [6, 6.07) is 12.5. The summed E-state index contributed by atoms with van der Waals surface area (Å²) in [7, 11) is 0. The van der Waals surface area contributed by atoms with Gasteiger partial charge in [0.15, 0.2) is 0 Å². The number of benzene rings is 2. The minimum absolute atomic E-state index is 0.0115. The molecule has 0 aliphatic carbocycles. The second-order valence-electron chi connectivity index (χ2n) is 6.70. The highest BCUT2D eigenvalue weighted by molar-refractivity contribution is 5.95. The van der Waals surface area contributed by atoms with E-state index in [2.05, 4.69) is 15.6 Å². The number of carbonyl (C=O) groups excluding carboxylic acids is 2. The van der Waals surface area contributed by atoms with Crippen LogP contribution in [0, 0.1) is 0 Å². The maximum atomic E-state index is 12.4. The molecule has 28 heavy (non-hydrogen) atoms. The van der Waals surface area contributed by atoms with Crippen LogP contribution in [0.5, 0.6) is 0 Å². The lowest BCUT2D eigenvalue weighted by Crippen LogP contribution is -2.26. The second kappa shape index (κ2) is 7.22. The van der Waals surface area contributed by atoms with Crippen molar-refractivity contribution in [1.82, 2.24) is 15.0 Å². The Morgan fingerprint density at radius 3 is 2.82 bits per heavy atom. The van der Waals surface area contributed by atoms with Gasteiger partial charge in [-0.1, -0.05) is 17.3 Å². The maximum Gasteiger partial charge on any atom is 0.277 e. The van der Waals surface area contributed by atoms with E-state index in [1.807, 2.05) is 12.1 Å². The fourth-order valence-electron chi connectivity index (χ4n) is 3.41. The van der Waals surface area contributed by atoms with Crippen LogP contribution in [-0.2, 0) is 22.6 Å². The van der Waals surface area contributed by atoms with Crippen LogP contribution >= 0.6 is 0 Å². The van der Waals surface area contributed by atoms with Crippen LogP contribution in [-0.4, -0.2) is 33.4 Å². The second-order valence-corrected chi connectivity index (χ2v) is 6.70. The van der Waals surface area contributed by atoms with Gasteiger partial charge in [0.1, 0.15) is 5.52 Å². The molecule has 3 aromatic rings. The van der Waals surface area contributed by atoms with Crippen molar-refractivity contribution < 1.29 is 9.59 Å². The van der Waals surface area contributed by atoms with E-state index in [4.69, 9.17) is 0 Å². The first-order valence-electron chi connectivity index (χ1n) is 9.06. The van der Waals surface area contributed by atoms with Gasteiger partial charge >= 0.3 is 0 Å². The molecule has 2 amide bonds. The van der Waals surface area contributed by atoms with Crippen molar-refractivity contribution in [3.63, 3.8) is 0 Å². The monoisotopic (exact) mass is 377 g/mol. The minimum atomic E-state index is -0.264. The summed E-state index contributed by atoms with van der Waals surface area (Å²) in [6.07, 6.45) is 0.865. The number of aromatic nitrogens is 3. The number of rotatable bonds is 4. The quantitative estimate of drug-likeness (QED) is 0.747. The molecule has 0 atom stereocenters. The van der Waals surface area contributed by atoms with Gasteiger partial charge in [-0.25, -0.2) is 4.68 Å². The van der Waals surface area contributed by atoms with Crippen molar-refractivity contribution in [3.05, 3.63) is 58.4 Å². The Morgan fingerprint density at radius 2 is 2.00 bits per heavy atom. The number of aryl methyl sites for hydroxylation is 1. The summed E-state index contributed by atoms with van der Waals surface area (Å²) in [5, 5.41) is 11.2. The van der Waals surface area contributed by atoms with Crippen LogP contribution in [0.15, 0.2) is 47.3 Å². The SMILES string of the molecule is CC(=O)N1CCc2cc(NC(=O)CCn3nnc4ccccc4c3=O)ccc21. The van der Waals surface area contributed by atoms with Crippen molar-refractivity contribution in [1.29, 1.82) is 0 Å². The third-order valence-corrected chi connectivity index (χ3v) is 4.82. The predicted molar refractivity (Wildman–Crippen MR) is 105 cm³/mol. The van der Waals surface area contributed by atoms with Gasteiger partial charge in [-0.3, -0.25) is 14.4 Å². The third kappa shape index (κ3) is 3.36. The van der Waals surface area contributed by atoms with Gasteiger partial charge in [0.05, 0.1) is 11.9 Å². The van der Waals surface area contributed by atoms with Crippen LogP contribution < -0.4 is 15.8 Å². The molecular formula is C20H19N5O3. The molecule has 0 fully saturated rings. The summed E-state index contributed by atoms with van der Waals surface area (Å²) in [5.41, 5.74) is 2.87. The Labute approximate surface area is 160 Å². The highest BCUT2D eigenvalue weighted by atomic mass is 16.2. The van der Waals surface area contributed by atoms with E-state index in [0.29, 0.717) is 23.1 Å². The number of amides is 2. The average molecular weight is 377 g/mol. The molecule has 1 N–H and O–H groups in total. The molecule has 0 spiro atoms. The van der Waals surface area contributed by atoms with Crippen LogP contribution in [0.4, 0.5) is 11.4 Å². The largest absolute Gasteiger partial charge is 0.326 e. The number of fused-ring (bicyclic) bond motifs is 2. The molecule has 142 valence electrons. The van der Waals surface area contributed by atoms with Crippen molar-refractivity contribution in [2.24, 2.45) is 0 Å². The van der Waals surface area contributed by atoms with Crippen LogP contribution in [0.2, 0.25) is 0 Å². The van der Waals surface area contributed by atoms with Crippen LogP contribution in [0.25, 0.3) is 10.9 Å². The molecule has 1 aromatic heterocycles. The van der Waals surface area contributed by atoms with Gasteiger partial charge in [0.25, 0.3) is 5.56 Å². The minimum Gasteiger partial charge on any atom is -0.326 e. The summed E-state index contributed by atoms with van der Waals surface area (Å²) in [6.45, 7) is 2.35. The summed E-state index contributed by atoms with van der Waals surface area (Å²) in [4.78, 5) is 38.0. The highest BCUT2D eigenvalue weighted by Crippen LogP contribution is 2.30. The first kappa shape index (κ1) is 17.8. The first-order chi connectivity index (χ1) is 13.5. The van der Waals surface area contributed by atoms with Crippen molar-refractivity contribution in [3.8, 4) is 0 Å². The van der Waals surface area contributed by atoms with E-state index in [-0.39, 0.29) is 30.3 Å². The average Bonchev–Trinajstić information content (AvgIpc) is 3.11. The fourth-order valence-corrected chi connectivity index (χ4v) is 3.41. The number of carbonyl (C=O) groups is 2. The molecule has 2 heterocycles. The van der Waals surface area contributed by atoms with Crippen molar-refractivity contribution >= 4 is 34.1 Å². The smallest absolute Gasteiger partial charge is 0.277 e. The van der Waals surface area contributed by atoms with Gasteiger partial charge in [-0.05, 0) is 42.3 Å². The lowest BCUT2D eigenvalue weighted by Gasteiger charge is -2.15. The zero-order valence-electron chi connectivity index (χ0n) is 15.4. The highest BCUT2D eigenvalue weighted by Gasteiger charge is 2.22. The summed E-state index contributed by atoms with van der Waals surface area (Å²) < 4.78 is 1.20. The molecule has 0 saturated carbocycles. The molecule has 4 rings (SSSR count). The first-order valence-corrected chi connectivity index (χ1v) is 9.06. The zero-order valence-corrected chi connectivity index (χ0v) is 15.4. The molecule has 0 saturated heterocycles. The zero-order chi connectivity index (χ0) is 19.7. The Morgan fingerprint density at radius 1 is 1.18 bits per heavy atom. The van der Waals surface area contributed by atoms with Gasteiger partial charge in [0.2, 0.25) is 11.8 Å². The van der Waals surface area contributed by atoms with E-state index in [1.54, 1.807) is 42.2 Å². The Hall–Kier alpha value is -3.55. The lowest BCUT2D eigenvalue weighted by atomic mass is 10.1. The van der Waals surface area contributed by atoms with E-state index in [0.717, 1.165) is 17.7 Å². The van der Waals surface area contributed by atoms with Crippen molar-refractivity contribution in [2.75, 3.05) is 16.8 Å². The molecule has 0 radical (unpaired) electrons. The van der Waals surface area contributed by atoms with E-state index >= 15 is 0 Å². The summed E-state index contributed by atoms with van der Waals surface area (Å²) >= 11 is 0. The molecule has 1 aliphatic rings. The Balaban J connectivity index is 1.42. The Kier molecular flexibility index (Phi) is 4.60. The molecule has 1 aliphatic heterocycles. The molecule has 0 bridgehead atoms. The molecule has 0 unspecified atom stereocenters. The normalized spacial score (nSPS) is 12.8. The lowest BCUT2D eigenvalue weighted by molar-refractivity contribution is -0.117. The van der Waals surface area contributed by atoms with Crippen LogP contribution in [0.3, 0.4) is 0 Å². The maximum absolute atomic E-state index is 12.4. The number of hydrogen-bond donors (Lipinski definition) is 1. The molecule has 8 heteroatoms. The van der Waals surface area contributed by atoms with Gasteiger partial charge in [0, 0.05) is 31.3 Å². The summed E-state index contributed by atoms with van der Waals surface area (Å²) in [5.74, 6) is -0.208. The third-order valence-electron chi connectivity index (χ3n) is 4.82. The molecule has 2 aromatic carbocycles. The fraction of sp³-hybridized carbons (Fsp3) is 0.250. The van der Waals surface area contributed by atoms with E-state index in [9.17, 15) is 14.4 Å². The topological polar surface area (TPSA) is 97.2 Å². The van der Waals surface area contributed by atoms with E-state index < -0.39 is 0 Å².